The fraction of sp³-hybridized carbons (Fsp3) is 0.357. The SMILES string of the molecule is O=C(NN=C1CCCCC1)C(=O)Nc1ccccc1. The number of amides is 2. The summed E-state index contributed by atoms with van der Waals surface area (Å²) in [5.74, 6) is -1.44. The van der Waals surface area contributed by atoms with Crippen LogP contribution in [0.3, 0.4) is 0 Å². The summed E-state index contributed by atoms with van der Waals surface area (Å²) in [6.07, 6.45) is 5.22. The standard InChI is InChI=1S/C14H17N3O2/c18-13(15-11-7-3-1-4-8-11)14(19)17-16-12-9-5-2-6-10-12/h1,3-4,7-8H,2,5-6,9-10H2,(H,15,18)(H,17,19). The number of para-hydroxylation sites is 1. The topological polar surface area (TPSA) is 70.6 Å². The van der Waals surface area contributed by atoms with E-state index in [0.29, 0.717) is 5.69 Å². The molecule has 1 aromatic rings. The fourth-order valence-electron chi connectivity index (χ4n) is 1.96. The van der Waals surface area contributed by atoms with Gasteiger partial charge in [-0.25, -0.2) is 5.43 Å². The minimum Gasteiger partial charge on any atom is -0.318 e. The van der Waals surface area contributed by atoms with Crippen LogP contribution in [0.5, 0.6) is 0 Å². The van der Waals surface area contributed by atoms with E-state index in [1.54, 1.807) is 24.3 Å². The van der Waals surface area contributed by atoms with Crippen LogP contribution in [0.25, 0.3) is 0 Å². The van der Waals surface area contributed by atoms with Crippen LogP contribution in [0, 0.1) is 0 Å². The van der Waals surface area contributed by atoms with E-state index >= 15 is 0 Å². The quantitative estimate of drug-likeness (QED) is 0.630. The van der Waals surface area contributed by atoms with Crippen molar-refractivity contribution in [2.75, 3.05) is 5.32 Å². The molecule has 2 amide bonds. The highest BCUT2D eigenvalue weighted by Crippen LogP contribution is 2.14. The number of nitrogens with one attached hydrogen (secondary N) is 2. The van der Waals surface area contributed by atoms with E-state index in [0.717, 1.165) is 31.4 Å². The molecular weight excluding hydrogens is 242 g/mol. The lowest BCUT2D eigenvalue weighted by atomic mass is 9.99. The van der Waals surface area contributed by atoms with Gasteiger partial charge in [-0.2, -0.15) is 5.10 Å². The van der Waals surface area contributed by atoms with Crippen molar-refractivity contribution in [3.63, 3.8) is 0 Å². The third kappa shape index (κ3) is 4.21. The van der Waals surface area contributed by atoms with Crippen LogP contribution in [0.2, 0.25) is 0 Å². The van der Waals surface area contributed by atoms with E-state index < -0.39 is 11.8 Å². The fourth-order valence-corrected chi connectivity index (χ4v) is 1.96. The third-order valence-corrected chi connectivity index (χ3v) is 2.98. The molecule has 1 aliphatic carbocycles. The Hall–Kier alpha value is -2.17. The van der Waals surface area contributed by atoms with Crippen LogP contribution in [-0.4, -0.2) is 17.5 Å². The molecule has 5 nitrogen and oxygen atoms in total. The number of anilines is 1. The second-order valence-corrected chi connectivity index (χ2v) is 4.50. The van der Waals surface area contributed by atoms with E-state index in [1.165, 1.54) is 6.42 Å². The number of benzene rings is 1. The van der Waals surface area contributed by atoms with Crippen LogP contribution in [0.15, 0.2) is 35.4 Å². The third-order valence-electron chi connectivity index (χ3n) is 2.98. The van der Waals surface area contributed by atoms with E-state index in [2.05, 4.69) is 15.8 Å². The number of carbonyl (C=O) groups excluding carboxylic acids is 2. The van der Waals surface area contributed by atoms with Crippen molar-refractivity contribution in [1.29, 1.82) is 0 Å². The van der Waals surface area contributed by atoms with E-state index in [-0.39, 0.29) is 0 Å². The van der Waals surface area contributed by atoms with Gasteiger partial charge < -0.3 is 5.32 Å². The highest BCUT2D eigenvalue weighted by Gasteiger charge is 2.14. The second kappa shape index (κ2) is 6.68. The minimum absolute atomic E-state index is 0.591. The molecule has 1 fully saturated rings. The number of hydrogen-bond acceptors (Lipinski definition) is 3. The molecular formula is C14H17N3O2. The van der Waals surface area contributed by atoms with E-state index in [4.69, 9.17) is 0 Å². The van der Waals surface area contributed by atoms with Crippen molar-refractivity contribution >= 4 is 23.2 Å². The summed E-state index contributed by atoms with van der Waals surface area (Å²) in [6.45, 7) is 0. The second-order valence-electron chi connectivity index (χ2n) is 4.50. The van der Waals surface area contributed by atoms with Gasteiger partial charge in [0, 0.05) is 11.4 Å². The summed E-state index contributed by atoms with van der Waals surface area (Å²) in [7, 11) is 0. The number of carbonyl (C=O) groups is 2. The van der Waals surface area contributed by atoms with Gasteiger partial charge in [0.05, 0.1) is 0 Å². The Kier molecular flexibility index (Phi) is 4.66. The van der Waals surface area contributed by atoms with E-state index in [1.807, 2.05) is 6.07 Å². The first kappa shape index (κ1) is 13.3. The van der Waals surface area contributed by atoms with Crippen molar-refractivity contribution in [1.82, 2.24) is 5.43 Å². The molecule has 0 aromatic heterocycles. The summed E-state index contributed by atoms with van der Waals surface area (Å²) < 4.78 is 0. The van der Waals surface area contributed by atoms with Gasteiger partial charge in [-0.1, -0.05) is 24.6 Å². The number of rotatable bonds is 2. The Morgan fingerprint density at radius 1 is 0.947 bits per heavy atom. The van der Waals surface area contributed by atoms with Gasteiger partial charge in [0.15, 0.2) is 0 Å². The summed E-state index contributed by atoms with van der Waals surface area (Å²) in [4.78, 5) is 23.2. The molecule has 19 heavy (non-hydrogen) atoms. The molecule has 0 unspecified atom stereocenters. The van der Waals surface area contributed by atoms with Gasteiger partial charge in [0.25, 0.3) is 0 Å². The predicted octanol–water partition coefficient (Wildman–Crippen LogP) is 2.06. The van der Waals surface area contributed by atoms with Crippen molar-refractivity contribution in [2.24, 2.45) is 5.10 Å². The van der Waals surface area contributed by atoms with Crippen LogP contribution in [0.4, 0.5) is 5.69 Å². The van der Waals surface area contributed by atoms with Crippen LogP contribution < -0.4 is 10.7 Å². The van der Waals surface area contributed by atoms with Crippen molar-refractivity contribution in [2.45, 2.75) is 32.1 Å². The van der Waals surface area contributed by atoms with Gasteiger partial charge in [0.1, 0.15) is 0 Å². The first-order chi connectivity index (χ1) is 9.25. The number of hydrogen-bond donors (Lipinski definition) is 2. The molecule has 5 heteroatoms. The first-order valence-corrected chi connectivity index (χ1v) is 6.47. The van der Waals surface area contributed by atoms with Gasteiger partial charge in [0.2, 0.25) is 0 Å². The molecule has 0 heterocycles. The molecule has 0 bridgehead atoms. The van der Waals surface area contributed by atoms with Gasteiger partial charge in [-0.05, 0) is 37.8 Å². The van der Waals surface area contributed by atoms with Crippen LogP contribution in [0.1, 0.15) is 32.1 Å². The van der Waals surface area contributed by atoms with E-state index in [9.17, 15) is 9.59 Å². The first-order valence-electron chi connectivity index (χ1n) is 6.47. The average Bonchev–Trinajstić information content (AvgIpc) is 2.47. The molecule has 0 atom stereocenters. The molecule has 0 saturated heterocycles. The molecule has 2 N–H and O–H groups in total. The number of nitrogens with zero attached hydrogens (tertiary/aromatic N) is 1. The lowest BCUT2D eigenvalue weighted by Crippen LogP contribution is -2.33. The zero-order valence-corrected chi connectivity index (χ0v) is 10.7. The Labute approximate surface area is 112 Å². The monoisotopic (exact) mass is 259 g/mol. The molecule has 1 saturated carbocycles. The summed E-state index contributed by atoms with van der Waals surface area (Å²) >= 11 is 0. The van der Waals surface area contributed by atoms with Crippen LogP contribution in [-0.2, 0) is 9.59 Å². The molecule has 0 aliphatic heterocycles. The van der Waals surface area contributed by atoms with Crippen molar-refractivity contribution in [3.05, 3.63) is 30.3 Å². The molecule has 2 rings (SSSR count). The van der Waals surface area contributed by atoms with Gasteiger partial charge in [-0.3, -0.25) is 9.59 Å². The molecule has 0 radical (unpaired) electrons. The smallest absolute Gasteiger partial charge is 0.318 e. The molecule has 100 valence electrons. The largest absolute Gasteiger partial charge is 0.329 e. The Balaban J connectivity index is 1.84. The van der Waals surface area contributed by atoms with Crippen LogP contribution >= 0.6 is 0 Å². The lowest BCUT2D eigenvalue weighted by Gasteiger charge is -2.11. The molecule has 0 spiro atoms. The van der Waals surface area contributed by atoms with Gasteiger partial charge in [-0.15, -0.1) is 0 Å². The zero-order chi connectivity index (χ0) is 13.5. The van der Waals surface area contributed by atoms with Crippen molar-refractivity contribution in [3.8, 4) is 0 Å². The average molecular weight is 259 g/mol. The highest BCUT2D eigenvalue weighted by atomic mass is 16.2. The zero-order valence-electron chi connectivity index (χ0n) is 10.7. The van der Waals surface area contributed by atoms with Crippen molar-refractivity contribution < 1.29 is 9.59 Å². The molecule has 1 aliphatic rings. The summed E-state index contributed by atoms with van der Waals surface area (Å²) in [5, 5.41) is 6.51. The van der Waals surface area contributed by atoms with Gasteiger partial charge >= 0.3 is 11.8 Å². The lowest BCUT2D eigenvalue weighted by molar-refractivity contribution is -0.136. The highest BCUT2D eigenvalue weighted by molar-refractivity contribution is 6.39. The Morgan fingerprint density at radius 2 is 1.63 bits per heavy atom. The predicted molar refractivity (Wildman–Crippen MR) is 73.7 cm³/mol. The maximum Gasteiger partial charge on any atom is 0.329 e. The summed E-state index contributed by atoms with van der Waals surface area (Å²) in [5.41, 5.74) is 3.87. The Morgan fingerprint density at radius 3 is 2.32 bits per heavy atom. The normalized spacial score (nSPS) is 14.6. The maximum absolute atomic E-state index is 11.6. The number of hydrazone groups is 1. The maximum atomic E-state index is 11.6. The summed E-state index contributed by atoms with van der Waals surface area (Å²) in [6, 6.07) is 8.85. The Bertz CT molecular complexity index is 475. The molecule has 1 aromatic carbocycles. The minimum atomic E-state index is -0.734.